The maximum Gasteiger partial charge on any atom is 0.241 e. The van der Waals surface area contributed by atoms with Crippen LogP contribution in [0, 0.1) is 0 Å². The molecule has 4 nitrogen and oxygen atoms in total. The molecule has 0 aliphatic heterocycles. The van der Waals surface area contributed by atoms with E-state index in [1.165, 1.54) is 0 Å². The number of hydrogen-bond donors (Lipinski definition) is 2. The number of anilines is 1. The Morgan fingerprint density at radius 3 is 2.50 bits per heavy atom. The van der Waals surface area contributed by atoms with E-state index in [0.717, 1.165) is 24.2 Å². The molecule has 0 spiro atoms. The van der Waals surface area contributed by atoms with Crippen molar-refractivity contribution in [3.8, 4) is 0 Å². The zero-order valence-corrected chi connectivity index (χ0v) is 13.0. The van der Waals surface area contributed by atoms with Crippen LogP contribution in [0.25, 0.3) is 0 Å². The van der Waals surface area contributed by atoms with E-state index < -0.39 is 0 Å². The average Bonchev–Trinajstić information content (AvgIpc) is 2.44. The summed E-state index contributed by atoms with van der Waals surface area (Å²) in [5.74, 6) is 0.0213. The van der Waals surface area contributed by atoms with Crippen molar-refractivity contribution in [2.45, 2.75) is 52.7 Å². The molecule has 1 amide bonds. The summed E-state index contributed by atoms with van der Waals surface area (Å²) in [5, 5.41) is 2.99. The number of amides is 1. The minimum atomic E-state index is -0.152. The molecule has 20 heavy (non-hydrogen) atoms. The molecule has 0 radical (unpaired) electrons. The third-order valence-corrected chi connectivity index (χ3v) is 3.52. The topological polar surface area (TPSA) is 58.4 Å². The fraction of sp³-hybridized carbons (Fsp3) is 0.562. The van der Waals surface area contributed by atoms with Gasteiger partial charge in [0, 0.05) is 18.3 Å². The van der Waals surface area contributed by atoms with E-state index in [2.05, 4.69) is 31.0 Å². The van der Waals surface area contributed by atoms with Gasteiger partial charge < -0.3 is 11.1 Å². The van der Waals surface area contributed by atoms with Gasteiger partial charge in [0.05, 0.1) is 6.04 Å². The van der Waals surface area contributed by atoms with Gasteiger partial charge in [0.2, 0.25) is 5.91 Å². The molecule has 0 fully saturated rings. The van der Waals surface area contributed by atoms with Crippen LogP contribution in [0.15, 0.2) is 24.3 Å². The number of carbonyl (C=O) groups excluding carboxylic acids is 1. The molecule has 0 saturated heterocycles. The van der Waals surface area contributed by atoms with Gasteiger partial charge >= 0.3 is 0 Å². The summed E-state index contributed by atoms with van der Waals surface area (Å²) in [5.41, 5.74) is 7.47. The minimum absolute atomic E-state index is 0.0213. The normalized spacial score (nSPS) is 12.8. The Kier molecular flexibility index (Phi) is 6.68. The summed E-state index contributed by atoms with van der Waals surface area (Å²) < 4.78 is 0. The van der Waals surface area contributed by atoms with Crippen LogP contribution in [0.2, 0.25) is 0 Å². The van der Waals surface area contributed by atoms with Crippen LogP contribution in [0.4, 0.5) is 5.69 Å². The Balaban J connectivity index is 2.78. The highest BCUT2D eigenvalue weighted by Gasteiger charge is 2.23. The van der Waals surface area contributed by atoms with Crippen molar-refractivity contribution < 1.29 is 4.79 Å². The van der Waals surface area contributed by atoms with Crippen molar-refractivity contribution in [1.29, 1.82) is 0 Å². The lowest BCUT2D eigenvalue weighted by molar-refractivity contribution is -0.121. The number of carbonyl (C=O) groups is 1. The molecule has 4 heteroatoms. The summed E-state index contributed by atoms with van der Waals surface area (Å²) in [7, 11) is 0. The molecule has 1 atom stereocenters. The van der Waals surface area contributed by atoms with Gasteiger partial charge in [-0.05, 0) is 45.4 Å². The maximum absolute atomic E-state index is 12.4. The zero-order chi connectivity index (χ0) is 15.1. The van der Waals surface area contributed by atoms with Crippen molar-refractivity contribution in [2.24, 2.45) is 5.73 Å². The second kappa shape index (κ2) is 8.02. The monoisotopic (exact) mass is 277 g/mol. The second-order valence-electron chi connectivity index (χ2n) is 5.36. The molecule has 0 heterocycles. The van der Waals surface area contributed by atoms with Crippen LogP contribution in [0.3, 0.4) is 0 Å². The fourth-order valence-electron chi connectivity index (χ4n) is 2.37. The standard InChI is InChI=1S/C16H27N3O/c1-5-10-19(12(2)3)13(4)16(20)18-15-9-7-6-8-14(15)11-17/h6-9,12-13H,5,10-11,17H2,1-4H3,(H,18,20). The molecule has 0 bridgehead atoms. The Bertz CT molecular complexity index is 431. The summed E-state index contributed by atoms with van der Waals surface area (Å²) in [6.07, 6.45) is 1.04. The zero-order valence-electron chi connectivity index (χ0n) is 13.0. The Labute approximate surface area is 122 Å². The summed E-state index contributed by atoms with van der Waals surface area (Å²) in [6, 6.07) is 7.87. The molecule has 3 N–H and O–H groups in total. The first-order valence-corrected chi connectivity index (χ1v) is 7.35. The molecule has 1 unspecified atom stereocenters. The summed E-state index contributed by atoms with van der Waals surface area (Å²) in [4.78, 5) is 14.6. The second-order valence-corrected chi connectivity index (χ2v) is 5.36. The lowest BCUT2D eigenvalue weighted by Crippen LogP contribution is -2.46. The maximum atomic E-state index is 12.4. The van der Waals surface area contributed by atoms with Crippen LogP contribution < -0.4 is 11.1 Å². The van der Waals surface area contributed by atoms with E-state index in [1.54, 1.807) is 0 Å². The number of hydrogen-bond acceptors (Lipinski definition) is 3. The van der Waals surface area contributed by atoms with Gasteiger partial charge in [0.15, 0.2) is 0 Å². The Hall–Kier alpha value is -1.39. The fourth-order valence-corrected chi connectivity index (χ4v) is 2.37. The molecule has 0 aliphatic rings. The van der Waals surface area contributed by atoms with Crippen molar-refractivity contribution in [3.05, 3.63) is 29.8 Å². The van der Waals surface area contributed by atoms with Gasteiger partial charge in [-0.15, -0.1) is 0 Å². The Morgan fingerprint density at radius 2 is 1.95 bits per heavy atom. The van der Waals surface area contributed by atoms with Gasteiger partial charge in [-0.2, -0.15) is 0 Å². The van der Waals surface area contributed by atoms with E-state index in [1.807, 2.05) is 31.2 Å². The first-order chi connectivity index (χ1) is 9.51. The van der Waals surface area contributed by atoms with E-state index in [4.69, 9.17) is 5.73 Å². The highest BCUT2D eigenvalue weighted by Crippen LogP contribution is 2.16. The Morgan fingerprint density at radius 1 is 1.30 bits per heavy atom. The van der Waals surface area contributed by atoms with Crippen molar-refractivity contribution in [1.82, 2.24) is 4.90 Å². The van der Waals surface area contributed by atoms with E-state index in [-0.39, 0.29) is 11.9 Å². The number of nitrogens with zero attached hydrogens (tertiary/aromatic N) is 1. The van der Waals surface area contributed by atoms with Crippen LogP contribution in [-0.2, 0) is 11.3 Å². The minimum Gasteiger partial charge on any atom is -0.326 e. The van der Waals surface area contributed by atoms with Crippen LogP contribution in [0.1, 0.15) is 39.7 Å². The van der Waals surface area contributed by atoms with Crippen LogP contribution >= 0.6 is 0 Å². The predicted octanol–water partition coefficient (Wildman–Crippen LogP) is 2.59. The number of para-hydroxylation sites is 1. The molecule has 0 aromatic heterocycles. The number of nitrogens with one attached hydrogen (secondary N) is 1. The van der Waals surface area contributed by atoms with Crippen molar-refractivity contribution in [3.63, 3.8) is 0 Å². The lowest BCUT2D eigenvalue weighted by atomic mass is 10.1. The SMILES string of the molecule is CCCN(C(C)C)C(C)C(=O)Nc1ccccc1CN. The van der Waals surface area contributed by atoms with Gasteiger partial charge in [0.25, 0.3) is 0 Å². The highest BCUT2D eigenvalue weighted by atomic mass is 16.2. The number of benzene rings is 1. The molecule has 112 valence electrons. The molecular weight excluding hydrogens is 250 g/mol. The predicted molar refractivity (Wildman–Crippen MR) is 84.6 cm³/mol. The van der Waals surface area contributed by atoms with Gasteiger partial charge in [-0.3, -0.25) is 9.69 Å². The first kappa shape index (κ1) is 16.7. The van der Waals surface area contributed by atoms with Gasteiger partial charge in [0.1, 0.15) is 0 Å². The molecule has 1 aromatic carbocycles. The molecule has 1 aromatic rings. The van der Waals surface area contributed by atoms with E-state index >= 15 is 0 Å². The molecule has 0 aliphatic carbocycles. The number of nitrogens with two attached hydrogens (primary N) is 1. The van der Waals surface area contributed by atoms with Crippen molar-refractivity contribution >= 4 is 11.6 Å². The van der Waals surface area contributed by atoms with Gasteiger partial charge in [-0.25, -0.2) is 0 Å². The van der Waals surface area contributed by atoms with Crippen molar-refractivity contribution in [2.75, 3.05) is 11.9 Å². The van der Waals surface area contributed by atoms with Crippen LogP contribution in [-0.4, -0.2) is 29.4 Å². The third-order valence-electron chi connectivity index (χ3n) is 3.52. The average molecular weight is 277 g/mol. The van der Waals surface area contributed by atoms with E-state index in [0.29, 0.717) is 12.6 Å². The highest BCUT2D eigenvalue weighted by molar-refractivity contribution is 5.95. The summed E-state index contributed by atoms with van der Waals surface area (Å²) in [6.45, 7) is 9.67. The molecular formula is C16H27N3O. The first-order valence-electron chi connectivity index (χ1n) is 7.35. The van der Waals surface area contributed by atoms with Crippen LogP contribution in [0.5, 0.6) is 0 Å². The largest absolute Gasteiger partial charge is 0.326 e. The molecule has 0 saturated carbocycles. The smallest absolute Gasteiger partial charge is 0.241 e. The summed E-state index contributed by atoms with van der Waals surface area (Å²) >= 11 is 0. The van der Waals surface area contributed by atoms with E-state index in [9.17, 15) is 4.79 Å². The molecule has 1 rings (SSSR count). The quantitative estimate of drug-likeness (QED) is 0.805. The lowest BCUT2D eigenvalue weighted by Gasteiger charge is -2.31. The number of rotatable bonds is 7. The van der Waals surface area contributed by atoms with Gasteiger partial charge in [-0.1, -0.05) is 25.1 Å². The third kappa shape index (κ3) is 4.32.